The molecule has 0 radical (unpaired) electrons. The van der Waals surface area contributed by atoms with Crippen molar-refractivity contribution in [3.8, 4) is 16.9 Å². The molecule has 1 aromatic carbocycles. The molecular formula is C21H28N2O2. The zero-order valence-electron chi connectivity index (χ0n) is 15.7. The van der Waals surface area contributed by atoms with E-state index in [4.69, 9.17) is 9.47 Å². The highest BCUT2D eigenvalue weighted by Gasteiger charge is 2.25. The van der Waals surface area contributed by atoms with Crippen LogP contribution in [0.3, 0.4) is 0 Å². The monoisotopic (exact) mass is 340 g/mol. The van der Waals surface area contributed by atoms with Crippen LogP contribution in [-0.2, 0) is 4.74 Å². The summed E-state index contributed by atoms with van der Waals surface area (Å²) in [5, 5.41) is 0. The molecule has 0 aliphatic carbocycles. The van der Waals surface area contributed by atoms with Gasteiger partial charge in [-0.3, -0.25) is 9.88 Å². The summed E-state index contributed by atoms with van der Waals surface area (Å²) in [4.78, 5) is 7.15. The van der Waals surface area contributed by atoms with Gasteiger partial charge in [-0.15, -0.1) is 0 Å². The number of pyridine rings is 1. The van der Waals surface area contributed by atoms with Crippen LogP contribution >= 0.6 is 0 Å². The van der Waals surface area contributed by atoms with E-state index in [0.29, 0.717) is 5.41 Å². The fourth-order valence-corrected chi connectivity index (χ4v) is 3.27. The molecule has 1 aliphatic rings. The summed E-state index contributed by atoms with van der Waals surface area (Å²) in [6, 6.07) is 12.2. The highest BCUT2D eigenvalue weighted by molar-refractivity contribution is 5.64. The minimum atomic E-state index is 0.0514. The SMILES string of the molecule is COc1cccc(-c2ccc([C@H]3CN(CC(C)(C)C)CCO3)nc2)c1. The van der Waals surface area contributed by atoms with E-state index in [1.54, 1.807) is 7.11 Å². The minimum Gasteiger partial charge on any atom is -0.497 e. The van der Waals surface area contributed by atoms with E-state index in [1.165, 1.54) is 0 Å². The number of methoxy groups -OCH3 is 1. The quantitative estimate of drug-likeness (QED) is 0.836. The molecule has 2 aromatic rings. The van der Waals surface area contributed by atoms with Crippen LogP contribution in [0, 0.1) is 5.41 Å². The molecule has 0 unspecified atom stereocenters. The molecule has 1 saturated heterocycles. The summed E-state index contributed by atoms with van der Waals surface area (Å²) >= 11 is 0. The topological polar surface area (TPSA) is 34.6 Å². The van der Waals surface area contributed by atoms with E-state index in [1.807, 2.05) is 24.4 Å². The van der Waals surface area contributed by atoms with Crippen molar-refractivity contribution in [3.63, 3.8) is 0 Å². The maximum Gasteiger partial charge on any atom is 0.119 e. The Hall–Kier alpha value is -1.91. The van der Waals surface area contributed by atoms with Crippen molar-refractivity contribution < 1.29 is 9.47 Å². The van der Waals surface area contributed by atoms with Crippen molar-refractivity contribution in [1.82, 2.24) is 9.88 Å². The molecule has 0 amide bonds. The number of hydrogen-bond acceptors (Lipinski definition) is 4. The molecule has 1 aromatic heterocycles. The van der Waals surface area contributed by atoms with Crippen LogP contribution in [0.15, 0.2) is 42.6 Å². The first-order valence-electron chi connectivity index (χ1n) is 8.89. The number of nitrogens with zero attached hydrogens (tertiary/aromatic N) is 2. The number of aromatic nitrogens is 1. The van der Waals surface area contributed by atoms with Crippen molar-refractivity contribution >= 4 is 0 Å². The number of ether oxygens (including phenoxy) is 2. The van der Waals surface area contributed by atoms with E-state index in [2.05, 4.69) is 48.9 Å². The van der Waals surface area contributed by atoms with E-state index in [0.717, 1.165) is 48.8 Å². The molecule has 0 bridgehead atoms. The number of rotatable bonds is 4. The maximum atomic E-state index is 5.97. The van der Waals surface area contributed by atoms with Crippen molar-refractivity contribution in [2.45, 2.75) is 26.9 Å². The Morgan fingerprint density at radius 2 is 2.04 bits per heavy atom. The smallest absolute Gasteiger partial charge is 0.119 e. The zero-order chi connectivity index (χ0) is 17.9. The summed E-state index contributed by atoms with van der Waals surface area (Å²) < 4.78 is 11.3. The lowest BCUT2D eigenvalue weighted by Gasteiger charge is -2.36. The van der Waals surface area contributed by atoms with Gasteiger partial charge in [-0.2, -0.15) is 0 Å². The second-order valence-corrected chi connectivity index (χ2v) is 7.86. The van der Waals surface area contributed by atoms with Gasteiger partial charge in [0.15, 0.2) is 0 Å². The molecule has 0 spiro atoms. The van der Waals surface area contributed by atoms with E-state index < -0.39 is 0 Å². The van der Waals surface area contributed by atoms with Crippen molar-refractivity contribution in [2.75, 3.05) is 33.4 Å². The third-order valence-electron chi connectivity index (χ3n) is 4.37. The zero-order valence-corrected chi connectivity index (χ0v) is 15.7. The Balaban J connectivity index is 1.71. The highest BCUT2D eigenvalue weighted by atomic mass is 16.5. The minimum absolute atomic E-state index is 0.0514. The Bertz CT molecular complexity index is 692. The maximum absolute atomic E-state index is 5.97. The van der Waals surface area contributed by atoms with Gasteiger partial charge in [0.25, 0.3) is 0 Å². The standard InChI is InChI=1S/C21H28N2O2/c1-21(2,3)15-23-10-11-25-20(14-23)19-9-8-17(13-22-19)16-6-5-7-18(12-16)24-4/h5-9,12-13,20H,10-11,14-15H2,1-4H3/t20-/m1/s1. The van der Waals surface area contributed by atoms with Gasteiger partial charge in [0.1, 0.15) is 11.9 Å². The first-order chi connectivity index (χ1) is 11.9. The van der Waals surface area contributed by atoms with Crippen LogP contribution in [0.4, 0.5) is 0 Å². The lowest BCUT2D eigenvalue weighted by Crippen LogP contribution is -2.42. The predicted octanol–water partition coefficient (Wildman–Crippen LogP) is 4.18. The normalized spacial score (nSPS) is 19.0. The van der Waals surface area contributed by atoms with Crippen LogP contribution in [-0.4, -0.2) is 43.2 Å². The summed E-state index contributed by atoms with van der Waals surface area (Å²) in [6.07, 6.45) is 1.98. The van der Waals surface area contributed by atoms with Crippen molar-refractivity contribution in [2.24, 2.45) is 5.41 Å². The lowest BCUT2D eigenvalue weighted by molar-refractivity contribution is -0.0407. The molecule has 1 aliphatic heterocycles. The molecule has 1 fully saturated rings. The Morgan fingerprint density at radius 1 is 1.20 bits per heavy atom. The fraction of sp³-hybridized carbons (Fsp3) is 0.476. The summed E-state index contributed by atoms with van der Waals surface area (Å²) in [7, 11) is 1.68. The molecule has 4 heteroatoms. The van der Waals surface area contributed by atoms with Gasteiger partial charge in [-0.1, -0.05) is 39.0 Å². The Morgan fingerprint density at radius 3 is 2.72 bits per heavy atom. The average molecular weight is 340 g/mol. The number of hydrogen-bond donors (Lipinski definition) is 0. The molecule has 3 rings (SSSR count). The molecule has 0 N–H and O–H groups in total. The lowest BCUT2D eigenvalue weighted by atomic mass is 9.95. The van der Waals surface area contributed by atoms with E-state index in [-0.39, 0.29) is 6.10 Å². The molecule has 1 atom stereocenters. The summed E-state index contributed by atoms with van der Waals surface area (Å²) in [5.74, 6) is 0.856. The molecule has 4 nitrogen and oxygen atoms in total. The van der Waals surface area contributed by atoms with Gasteiger partial charge < -0.3 is 9.47 Å². The predicted molar refractivity (Wildman–Crippen MR) is 101 cm³/mol. The second-order valence-electron chi connectivity index (χ2n) is 7.86. The summed E-state index contributed by atoms with van der Waals surface area (Å²) in [5.41, 5.74) is 3.50. The van der Waals surface area contributed by atoms with Crippen LogP contribution in [0.25, 0.3) is 11.1 Å². The Labute approximate surface area is 150 Å². The largest absolute Gasteiger partial charge is 0.497 e. The third-order valence-corrected chi connectivity index (χ3v) is 4.37. The molecular weight excluding hydrogens is 312 g/mol. The molecule has 2 heterocycles. The third kappa shape index (κ3) is 4.80. The number of benzene rings is 1. The first kappa shape index (κ1) is 17.9. The van der Waals surface area contributed by atoms with Crippen molar-refractivity contribution in [1.29, 1.82) is 0 Å². The van der Waals surface area contributed by atoms with Gasteiger partial charge >= 0.3 is 0 Å². The molecule has 134 valence electrons. The van der Waals surface area contributed by atoms with Gasteiger partial charge in [0.2, 0.25) is 0 Å². The van der Waals surface area contributed by atoms with Crippen LogP contribution in [0.1, 0.15) is 32.6 Å². The van der Waals surface area contributed by atoms with Gasteiger partial charge in [-0.25, -0.2) is 0 Å². The first-order valence-corrected chi connectivity index (χ1v) is 8.89. The van der Waals surface area contributed by atoms with Crippen LogP contribution in [0.5, 0.6) is 5.75 Å². The number of morpholine rings is 1. The van der Waals surface area contributed by atoms with Crippen molar-refractivity contribution in [3.05, 3.63) is 48.3 Å². The second kappa shape index (κ2) is 7.54. The molecule has 25 heavy (non-hydrogen) atoms. The van der Waals surface area contributed by atoms with Gasteiger partial charge in [0, 0.05) is 31.4 Å². The van der Waals surface area contributed by atoms with E-state index >= 15 is 0 Å². The van der Waals surface area contributed by atoms with Crippen LogP contribution < -0.4 is 4.74 Å². The Kier molecular flexibility index (Phi) is 5.40. The van der Waals surface area contributed by atoms with E-state index in [9.17, 15) is 0 Å². The highest BCUT2D eigenvalue weighted by Crippen LogP contribution is 2.27. The average Bonchev–Trinajstić information content (AvgIpc) is 2.61. The summed E-state index contributed by atoms with van der Waals surface area (Å²) in [6.45, 7) is 10.6. The van der Waals surface area contributed by atoms with Crippen LogP contribution in [0.2, 0.25) is 0 Å². The van der Waals surface area contributed by atoms with Gasteiger partial charge in [-0.05, 0) is 29.2 Å². The molecule has 0 saturated carbocycles. The fourth-order valence-electron chi connectivity index (χ4n) is 3.27. The van der Waals surface area contributed by atoms with Gasteiger partial charge in [0.05, 0.1) is 19.4 Å².